The minimum atomic E-state index is -0.200. The molecule has 0 saturated heterocycles. The van der Waals surface area contributed by atoms with Gasteiger partial charge in [-0.15, -0.1) is 11.3 Å². The van der Waals surface area contributed by atoms with Crippen molar-refractivity contribution in [3.63, 3.8) is 0 Å². The number of aromatic nitrogens is 2. The molecule has 1 aromatic carbocycles. The highest BCUT2D eigenvalue weighted by atomic mass is 32.1. The molecule has 1 N–H and O–H groups in total. The van der Waals surface area contributed by atoms with Gasteiger partial charge in [0.1, 0.15) is 11.3 Å². The summed E-state index contributed by atoms with van der Waals surface area (Å²) < 4.78 is 0. The standard InChI is InChI=1S/C17H11N3O2S/c1-9(21)20-17-14-13(11-4-2-3-5-12(11)15(14)22)16(23-17)10-6-18-8-19-7-10/h2-8H,1H3,(H,20,21). The van der Waals surface area contributed by atoms with Crippen molar-refractivity contribution in [1.29, 1.82) is 0 Å². The van der Waals surface area contributed by atoms with Gasteiger partial charge in [0.15, 0.2) is 5.78 Å². The second kappa shape index (κ2) is 5.10. The third kappa shape index (κ3) is 2.07. The van der Waals surface area contributed by atoms with Crippen LogP contribution in [0.4, 0.5) is 5.00 Å². The Hall–Kier alpha value is -2.86. The number of anilines is 1. The summed E-state index contributed by atoms with van der Waals surface area (Å²) in [6, 6.07) is 7.49. The van der Waals surface area contributed by atoms with Crippen molar-refractivity contribution in [3.8, 4) is 21.6 Å². The summed E-state index contributed by atoms with van der Waals surface area (Å²) >= 11 is 1.38. The van der Waals surface area contributed by atoms with Crippen LogP contribution in [0.25, 0.3) is 21.6 Å². The second-order valence-corrected chi connectivity index (χ2v) is 6.21. The predicted octanol–water partition coefficient (Wildman–Crippen LogP) is 3.37. The number of rotatable bonds is 2. The van der Waals surface area contributed by atoms with E-state index < -0.39 is 0 Å². The molecule has 5 nitrogen and oxygen atoms in total. The number of hydrogen-bond donors (Lipinski definition) is 1. The summed E-state index contributed by atoms with van der Waals surface area (Å²) in [5.41, 5.74) is 3.79. The molecule has 0 fully saturated rings. The monoisotopic (exact) mass is 321 g/mol. The average Bonchev–Trinajstić information content (AvgIpc) is 3.06. The summed E-state index contributed by atoms with van der Waals surface area (Å²) in [6.45, 7) is 1.43. The van der Waals surface area contributed by atoms with Crippen molar-refractivity contribution >= 4 is 28.0 Å². The van der Waals surface area contributed by atoms with Crippen LogP contribution in [0.5, 0.6) is 0 Å². The van der Waals surface area contributed by atoms with Gasteiger partial charge in [-0.25, -0.2) is 9.97 Å². The zero-order chi connectivity index (χ0) is 16.0. The Kier molecular flexibility index (Phi) is 3.06. The predicted molar refractivity (Wildman–Crippen MR) is 88.5 cm³/mol. The highest BCUT2D eigenvalue weighted by molar-refractivity contribution is 7.20. The van der Waals surface area contributed by atoms with E-state index in [1.54, 1.807) is 12.4 Å². The Morgan fingerprint density at radius 1 is 1.09 bits per heavy atom. The lowest BCUT2D eigenvalue weighted by Crippen LogP contribution is -2.07. The lowest BCUT2D eigenvalue weighted by molar-refractivity contribution is -0.114. The Morgan fingerprint density at radius 3 is 2.48 bits per heavy atom. The average molecular weight is 321 g/mol. The molecule has 1 aliphatic carbocycles. The Morgan fingerprint density at radius 2 is 1.78 bits per heavy atom. The molecule has 4 rings (SSSR count). The number of benzene rings is 1. The smallest absolute Gasteiger partial charge is 0.221 e. The summed E-state index contributed by atoms with van der Waals surface area (Å²) in [5.74, 6) is -0.257. The van der Waals surface area contributed by atoms with Gasteiger partial charge in [-0.1, -0.05) is 24.3 Å². The van der Waals surface area contributed by atoms with E-state index in [-0.39, 0.29) is 11.7 Å². The number of thiophene rings is 1. The van der Waals surface area contributed by atoms with E-state index in [9.17, 15) is 9.59 Å². The third-order valence-electron chi connectivity index (χ3n) is 3.69. The van der Waals surface area contributed by atoms with Gasteiger partial charge < -0.3 is 5.32 Å². The van der Waals surface area contributed by atoms with Crippen LogP contribution in [0.1, 0.15) is 22.8 Å². The summed E-state index contributed by atoms with van der Waals surface area (Å²) in [4.78, 5) is 33.3. The van der Waals surface area contributed by atoms with E-state index in [1.807, 2.05) is 24.3 Å². The van der Waals surface area contributed by atoms with Gasteiger partial charge in [-0.3, -0.25) is 9.59 Å². The number of nitrogens with one attached hydrogen (secondary N) is 1. The van der Waals surface area contributed by atoms with Gasteiger partial charge in [0.25, 0.3) is 0 Å². The van der Waals surface area contributed by atoms with E-state index in [1.165, 1.54) is 24.6 Å². The first-order chi connectivity index (χ1) is 11.2. The van der Waals surface area contributed by atoms with Gasteiger partial charge in [0.05, 0.1) is 5.56 Å². The molecule has 0 spiro atoms. The van der Waals surface area contributed by atoms with Gasteiger partial charge in [0.2, 0.25) is 5.91 Å². The van der Waals surface area contributed by atoms with Crippen molar-refractivity contribution in [2.45, 2.75) is 6.92 Å². The van der Waals surface area contributed by atoms with E-state index >= 15 is 0 Å². The van der Waals surface area contributed by atoms with Crippen LogP contribution >= 0.6 is 11.3 Å². The second-order valence-electron chi connectivity index (χ2n) is 5.19. The molecule has 112 valence electrons. The molecule has 3 aromatic rings. The van der Waals surface area contributed by atoms with Crippen LogP contribution in [-0.4, -0.2) is 21.7 Å². The summed E-state index contributed by atoms with van der Waals surface area (Å²) in [5, 5.41) is 3.35. The van der Waals surface area contributed by atoms with Crippen molar-refractivity contribution in [3.05, 3.63) is 54.1 Å². The molecule has 2 heterocycles. The largest absolute Gasteiger partial charge is 0.317 e. The molecule has 2 aromatic heterocycles. The molecule has 1 aliphatic rings. The van der Waals surface area contributed by atoms with Crippen LogP contribution in [0.2, 0.25) is 0 Å². The minimum absolute atomic E-state index is 0.0568. The van der Waals surface area contributed by atoms with E-state index in [0.717, 1.165) is 21.6 Å². The topological polar surface area (TPSA) is 72.0 Å². The Balaban J connectivity index is 2.02. The fourth-order valence-corrected chi connectivity index (χ4v) is 4.04. The molecular formula is C17H11N3O2S. The molecule has 23 heavy (non-hydrogen) atoms. The van der Waals surface area contributed by atoms with E-state index in [2.05, 4.69) is 15.3 Å². The van der Waals surface area contributed by atoms with Gasteiger partial charge in [-0.05, 0) is 5.56 Å². The summed E-state index contributed by atoms with van der Waals surface area (Å²) in [6.07, 6.45) is 4.88. The maximum Gasteiger partial charge on any atom is 0.221 e. The van der Waals surface area contributed by atoms with Crippen molar-refractivity contribution in [2.75, 3.05) is 5.32 Å². The first-order valence-electron chi connectivity index (χ1n) is 7.00. The number of carbonyl (C=O) groups excluding carboxylic acids is 2. The number of hydrogen-bond acceptors (Lipinski definition) is 5. The van der Waals surface area contributed by atoms with Crippen molar-refractivity contribution in [2.24, 2.45) is 0 Å². The van der Waals surface area contributed by atoms with Crippen LogP contribution in [0.3, 0.4) is 0 Å². The maximum atomic E-state index is 12.8. The molecule has 6 heteroatoms. The zero-order valence-electron chi connectivity index (χ0n) is 12.2. The first-order valence-corrected chi connectivity index (χ1v) is 7.82. The van der Waals surface area contributed by atoms with Gasteiger partial charge >= 0.3 is 0 Å². The van der Waals surface area contributed by atoms with Crippen LogP contribution in [0.15, 0.2) is 43.0 Å². The molecular weight excluding hydrogens is 310 g/mol. The lowest BCUT2D eigenvalue weighted by Gasteiger charge is -2.02. The van der Waals surface area contributed by atoms with Crippen molar-refractivity contribution in [1.82, 2.24) is 9.97 Å². The number of fused-ring (bicyclic) bond motifs is 3. The van der Waals surface area contributed by atoms with Crippen LogP contribution in [-0.2, 0) is 4.79 Å². The lowest BCUT2D eigenvalue weighted by atomic mass is 10.0. The van der Waals surface area contributed by atoms with Gasteiger partial charge in [-0.2, -0.15) is 0 Å². The normalized spacial score (nSPS) is 12.0. The van der Waals surface area contributed by atoms with Crippen LogP contribution < -0.4 is 5.32 Å². The fraction of sp³-hybridized carbons (Fsp3) is 0.0588. The van der Waals surface area contributed by atoms with Crippen molar-refractivity contribution < 1.29 is 9.59 Å². The van der Waals surface area contributed by atoms with Gasteiger partial charge in [0, 0.05) is 40.9 Å². The number of amides is 1. The number of carbonyl (C=O) groups is 2. The number of ketones is 1. The minimum Gasteiger partial charge on any atom is -0.317 e. The fourth-order valence-electron chi connectivity index (χ4n) is 2.81. The highest BCUT2D eigenvalue weighted by Crippen LogP contribution is 2.51. The van der Waals surface area contributed by atoms with Crippen LogP contribution in [0, 0.1) is 0 Å². The zero-order valence-corrected chi connectivity index (χ0v) is 13.0. The molecule has 1 amide bonds. The highest BCUT2D eigenvalue weighted by Gasteiger charge is 2.34. The molecule has 0 unspecified atom stereocenters. The maximum absolute atomic E-state index is 12.8. The van der Waals surface area contributed by atoms with E-state index in [4.69, 9.17) is 0 Å². The molecule has 0 atom stereocenters. The molecule has 0 saturated carbocycles. The Bertz CT molecular complexity index is 948. The summed E-state index contributed by atoms with van der Waals surface area (Å²) in [7, 11) is 0. The van der Waals surface area contributed by atoms with E-state index in [0.29, 0.717) is 16.1 Å². The number of nitrogens with zero attached hydrogens (tertiary/aromatic N) is 2. The molecule has 0 bridgehead atoms. The molecule has 0 aliphatic heterocycles. The first kappa shape index (κ1) is 13.8. The third-order valence-corrected chi connectivity index (χ3v) is 4.84. The molecule has 0 radical (unpaired) electrons. The quantitative estimate of drug-likeness (QED) is 0.614. The SMILES string of the molecule is CC(=O)Nc1sc(-c2cncnc2)c2c1C(=O)c1ccccc1-2. The Labute approximate surface area is 136 Å².